The van der Waals surface area contributed by atoms with Crippen LogP contribution in [0.15, 0.2) is 42.6 Å². The average molecular weight is 463 g/mol. The van der Waals surface area contributed by atoms with Crippen LogP contribution in [0.3, 0.4) is 0 Å². The van der Waals surface area contributed by atoms with E-state index in [1.807, 2.05) is 23.3 Å². The zero-order valence-electron chi connectivity index (χ0n) is 17.7. The first-order valence-corrected chi connectivity index (χ1v) is 11.9. The molecule has 7 nitrogen and oxygen atoms in total. The lowest BCUT2D eigenvalue weighted by molar-refractivity contribution is -0.133. The quantitative estimate of drug-likeness (QED) is 0.650. The minimum absolute atomic E-state index is 0.0546. The van der Waals surface area contributed by atoms with Gasteiger partial charge in [0.25, 0.3) is 5.91 Å². The molecule has 166 valence electrons. The Morgan fingerprint density at radius 3 is 2.58 bits per heavy atom. The first-order valence-electron chi connectivity index (χ1n) is 10.1. The molecule has 1 atom stereocenters. The molecule has 2 heterocycles. The van der Waals surface area contributed by atoms with Gasteiger partial charge in [-0.2, -0.15) is 11.8 Å². The van der Waals surface area contributed by atoms with Crippen LogP contribution in [0.1, 0.15) is 16.8 Å². The standard InChI is InChI=1S/C22H27ClN4O3S/c1-30-19-6-4-3-5-17(19)21(28)25-18(9-14-31-2)22(29)27-12-10-26(11-13-27)20-8-7-16(23)15-24-20/h3-8,15,18H,9-14H2,1-2H3,(H,25,28). The number of nitrogens with zero attached hydrogens (tertiary/aromatic N) is 3. The van der Waals surface area contributed by atoms with Gasteiger partial charge in [0.2, 0.25) is 5.91 Å². The van der Waals surface area contributed by atoms with Gasteiger partial charge in [0.1, 0.15) is 17.6 Å². The van der Waals surface area contributed by atoms with Gasteiger partial charge in [-0.1, -0.05) is 23.7 Å². The van der Waals surface area contributed by atoms with Crippen molar-refractivity contribution in [3.8, 4) is 5.75 Å². The topological polar surface area (TPSA) is 74.8 Å². The Hall–Kier alpha value is -2.45. The molecule has 1 saturated heterocycles. The molecule has 1 aliphatic heterocycles. The monoisotopic (exact) mass is 462 g/mol. The highest BCUT2D eigenvalue weighted by molar-refractivity contribution is 7.98. The van der Waals surface area contributed by atoms with E-state index in [1.54, 1.807) is 42.2 Å². The predicted octanol–water partition coefficient (Wildman–Crippen LogP) is 2.94. The second-order valence-corrected chi connectivity index (χ2v) is 8.58. The van der Waals surface area contributed by atoms with Crippen LogP contribution >= 0.6 is 23.4 Å². The maximum atomic E-state index is 13.2. The van der Waals surface area contributed by atoms with Gasteiger partial charge in [0.05, 0.1) is 17.7 Å². The van der Waals surface area contributed by atoms with Crippen molar-refractivity contribution in [1.82, 2.24) is 15.2 Å². The summed E-state index contributed by atoms with van der Waals surface area (Å²) in [4.78, 5) is 34.4. The molecule has 3 rings (SSSR count). The Labute approximate surface area is 192 Å². The molecular formula is C22H27ClN4O3S. The third-order valence-corrected chi connectivity index (χ3v) is 6.06. The van der Waals surface area contributed by atoms with Crippen molar-refractivity contribution in [2.45, 2.75) is 12.5 Å². The number of piperazine rings is 1. The van der Waals surface area contributed by atoms with Crippen LogP contribution in [0, 0.1) is 0 Å². The van der Waals surface area contributed by atoms with E-state index in [0.717, 1.165) is 11.6 Å². The van der Waals surface area contributed by atoms with Crippen LogP contribution < -0.4 is 15.0 Å². The summed E-state index contributed by atoms with van der Waals surface area (Å²) in [6.45, 7) is 2.50. The SMILES string of the molecule is COc1ccccc1C(=O)NC(CCSC)C(=O)N1CCN(c2ccc(Cl)cn2)CC1. The second kappa shape index (κ2) is 11.2. The van der Waals surface area contributed by atoms with Crippen LogP contribution in [0.4, 0.5) is 5.82 Å². The summed E-state index contributed by atoms with van der Waals surface area (Å²) in [6, 6.07) is 10.1. The van der Waals surface area contributed by atoms with Gasteiger partial charge in [-0.25, -0.2) is 4.98 Å². The Morgan fingerprint density at radius 1 is 1.19 bits per heavy atom. The number of carbonyl (C=O) groups is 2. The highest BCUT2D eigenvalue weighted by atomic mass is 35.5. The molecule has 0 radical (unpaired) electrons. The number of benzene rings is 1. The van der Waals surface area contributed by atoms with Crippen molar-refractivity contribution in [1.29, 1.82) is 0 Å². The van der Waals surface area contributed by atoms with Gasteiger partial charge in [0.15, 0.2) is 0 Å². The number of hydrogen-bond acceptors (Lipinski definition) is 6. The average Bonchev–Trinajstić information content (AvgIpc) is 2.81. The van der Waals surface area contributed by atoms with Crippen molar-refractivity contribution in [3.63, 3.8) is 0 Å². The lowest BCUT2D eigenvalue weighted by Gasteiger charge is -2.37. The van der Waals surface area contributed by atoms with Crippen molar-refractivity contribution in [2.24, 2.45) is 0 Å². The van der Waals surface area contributed by atoms with Crippen LogP contribution in [-0.2, 0) is 4.79 Å². The third-order valence-electron chi connectivity index (χ3n) is 5.19. The summed E-state index contributed by atoms with van der Waals surface area (Å²) in [5.41, 5.74) is 0.422. The largest absolute Gasteiger partial charge is 0.496 e. The fourth-order valence-electron chi connectivity index (χ4n) is 3.49. The van der Waals surface area contributed by atoms with Gasteiger partial charge in [-0.3, -0.25) is 9.59 Å². The number of methoxy groups -OCH3 is 1. The number of thioether (sulfide) groups is 1. The number of hydrogen-bond donors (Lipinski definition) is 1. The van der Waals surface area contributed by atoms with E-state index in [1.165, 1.54) is 7.11 Å². The molecule has 1 unspecified atom stereocenters. The molecule has 0 aliphatic carbocycles. The number of aromatic nitrogens is 1. The van der Waals surface area contributed by atoms with Crippen molar-refractivity contribution >= 4 is 41.0 Å². The molecule has 2 amide bonds. The van der Waals surface area contributed by atoms with Gasteiger partial charge in [-0.15, -0.1) is 0 Å². The maximum absolute atomic E-state index is 13.2. The molecule has 0 bridgehead atoms. The van der Waals surface area contributed by atoms with Crippen LogP contribution in [0.5, 0.6) is 5.75 Å². The van der Waals surface area contributed by atoms with Gasteiger partial charge in [0, 0.05) is 32.4 Å². The smallest absolute Gasteiger partial charge is 0.255 e. The summed E-state index contributed by atoms with van der Waals surface area (Å²) in [5, 5.41) is 3.52. The Balaban J connectivity index is 1.64. The van der Waals surface area contributed by atoms with Crippen molar-refractivity contribution in [3.05, 3.63) is 53.2 Å². The molecular weight excluding hydrogens is 436 g/mol. The van der Waals surface area contributed by atoms with Crippen LogP contribution in [0.2, 0.25) is 5.02 Å². The number of nitrogens with one attached hydrogen (secondary N) is 1. The summed E-state index contributed by atoms with van der Waals surface area (Å²) in [5.74, 6) is 1.75. The van der Waals surface area contributed by atoms with Gasteiger partial charge in [-0.05, 0) is 42.7 Å². The Bertz CT molecular complexity index is 889. The number of para-hydroxylation sites is 1. The zero-order chi connectivity index (χ0) is 22.2. The van der Waals surface area contributed by atoms with E-state index in [9.17, 15) is 9.59 Å². The van der Waals surface area contributed by atoms with Crippen LogP contribution in [0.25, 0.3) is 0 Å². The minimum Gasteiger partial charge on any atom is -0.496 e. The van der Waals surface area contributed by atoms with E-state index in [0.29, 0.717) is 48.9 Å². The number of rotatable bonds is 8. The van der Waals surface area contributed by atoms with Crippen molar-refractivity contribution < 1.29 is 14.3 Å². The zero-order valence-corrected chi connectivity index (χ0v) is 19.3. The summed E-state index contributed by atoms with van der Waals surface area (Å²) >= 11 is 7.57. The number of ether oxygens (including phenoxy) is 1. The molecule has 2 aromatic rings. The molecule has 1 aliphatic rings. The predicted molar refractivity (Wildman–Crippen MR) is 125 cm³/mol. The summed E-state index contributed by atoms with van der Waals surface area (Å²) in [7, 11) is 1.53. The normalized spacial score (nSPS) is 14.8. The van der Waals surface area contributed by atoms with Crippen LogP contribution in [-0.4, -0.2) is 73.0 Å². The van der Waals surface area contributed by atoms with E-state index >= 15 is 0 Å². The van der Waals surface area contributed by atoms with Gasteiger partial charge < -0.3 is 19.9 Å². The summed E-state index contributed by atoms with van der Waals surface area (Å²) in [6.07, 6.45) is 4.18. The Morgan fingerprint density at radius 2 is 1.94 bits per heavy atom. The number of anilines is 1. The van der Waals surface area contributed by atoms with E-state index < -0.39 is 6.04 Å². The lowest BCUT2D eigenvalue weighted by Crippen LogP contribution is -2.55. The number of halogens is 1. The van der Waals surface area contributed by atoms with E-state index in [4.69, 9.17) is 16.3 Å². The third kappa shape index (κ3) is 6.04. The Kier molecular flexibility index (Phi) is 8.43. The molecule has 1 fully saturated rings. The highest BCUT2D eigenvalue weighted by Crippen LogP contribution is 2.19. The number of amides is 2. The molecule has 1 aromatic heterocycles. The molecule has 0 saturated carbocycles. The lowest BCUT2D eigenvalue weighted by atomic mass is 10.1. The highest BCUT2D eigenvalue weighted by Gasteiger charge is 2.29. The molecule has 9 heteroatoms. The maximum Gasteiger partial charge on any atom is 0.255 e. The molecule has 31 heavy (non-hydrogen) atoms. The van der Waals surface area contributed by atoms with Crippen molar-refractivity contribution in [2.75, 3.05) is 50.2 Å². The first kappa shape index (κ1) is 23.2. The summed E-state index contributed by atoms with van der Waals surface area (Å²) < 4.78 is 5.29. The minimum atomic E-state index is -0.579. The molecule has 1 aromatic carbocycles. The molecule has 1 N–H and O–H groups in total. The number of carbonyl (C=O) groups excluding carboxylic acids is 2. The second-order valence-electron chi connectivity index (χ2n) is 7.15. The fraction of sp³-hybridized carbons (Fsp3) is 0.409. The number of pyridine rings is 1. The molecule has 0 spiro atoms. The van der Waals surface area contributed by atoms with Gasteiger partial charge >= 0.3 is 0 Å². The first-order chi connectivity index (χ1) is 15.0. The van der Waals surface area contributed by atoms with E-state index in [-0.39, 0.29) is 11.8 Å². The fourth-order valence-corrected chi connectivity index (χ4v) is 4.08. The van der Waals surface area contributed by atoms with E-state index in [2.05, 4.69) is 15.2 Å².